The number of rotatable bonds is 8. The van der Waals surface area contributed by atoms with Gasteiger partial charge in [0.25, 0.3) is 0 Å². The maximum Gasteiger partial charge on any atom is 0.418 e. The normalized spacial score (nSPS) is 13.4. The maximum atomic E-state index is 14.2. The van der Waals surface area contributed by atoms with Crippen molar-refractivity contribution in [1.29, 1.82) is 0 Å². The van der Waals surface area contributed by atoms with Crippen LogP contribution in [-0.2, 0) is 6.18 Å². The van der Waals surface area contributed by atoms with Crippen LogP contribution in [0.3, 0.4) is 0 Å². The summed E-state index contributed by atoms with van der Waals surface area (Å²) in [5.74, 6) is -0.883. The number of hydrogen-bond acceptors (Lipinski definition) is 4. The number of aliphatic imine (C=N–C) groups is 1. The first-order valence-electron chi connectivity index (χ1n) is 10.4. The van der Waals surface area contributed by atoms with Crippen molar-refractivity contribution in [2.45, 2.75) is 33.0 Å². The SMILES string of the molecule is CCN(CC)CC(C)Nc1ccc(N=Cc2c(O)[nH]c3cccc(F)c23)cc1C(F)(F)F. The van der Waals surface area contributed by atoms with Crippen LogP contribution in [0, 0.1) is 5.82 Å². The van der Waals surface area contributed by atoms with E-state index >= 15 is 0 Å². The number of H-pyrrole nitrogens is 1. The molecule has 0 aliphatic rings. The largest absolute Gasteiger partial charge is 0.494 e. The molecule has 0 saturated carbocycles. The predicted octanol–water partition coefficient (Wildman–Crippen LogP) is 5.92. The van der Waals surface area contributed by atoms with E-state index in [1.54, 1.807) is 6.07 Å². The van der Waals surface area contributed by atoms with E-state index in [4.69, 9.17) is 0 Å². The summed E-state index contributed by atoms with van der Waals surface area (Å²) in [5.41, 5.74) is -0.405. The minimum atomic E-state index is -4.59. The van der Waals surface area contributed by atoms with E-state index in [2.05, 4.69) is 20.2 Å². The Kier molecular flexibility index (Phi) is 7.08. The molecule has 9 heteroatoms. The lowest BCUT2D eigenvalue weighted by Gasteiger charge is -2.25. The average molecular weight is 450 g/mol. The van der Waals surface area contributed by atoms with Gasteiger partial charge in [-0.05, 0) is 50.3 Å². The fourth-order valence-corrected chi connectivity index (χ4v) is 3.63. The molecule has 172 valence electrons. The first-order valence-corrected chi connectivity index (χ1v) is 10.4. The molecule has 5 nitrogen and oxygen atoms in total. The molecule has 3 N–H and O–H groups in total. The van der Waals surface area contributed by atoms with Gasteiger partial charge in [-0.25, -0.2) is 4.39 Å². The summed E-state index contributed by atoms with van der Waals surface area (Å²) >= 11 is 0. The topological polar surface area (TPSA) is 63.6 Å². The molecule has 0 bridgehead atoms. The highest BCUT2D eigenvalue weighted by Crippen LogP contribution is 2.38. The van der Waals surface area contributed by atoms with Crippen molar-refractivity contribution < 1.29 is 22.7 Å². The standard InChI is InChI=1S/C23H26F4N4O/c1-4-31(5-2)13-14(3)29-19-10-9-15(11-17(19)23(25,26)27)28-12-16-21-18(24)7-6-8-20(21)30-22(16)32/h6-12,14,29-30,32H,4-5,13H2,1-3H3. The quantitative estimate of drug-likeness (QED) is 0.295. The third-order valence-electron chi connectivity index (χ3n) is 5.27. The summed E-state index contributed by atoms with van der Waals surface area (Å²) in [6, 6.07) is 7.81. The van der Waals surface area contributed by atoms with Gasteiger partial charge < -0.3 is 20.3 Å². The number of nitrogens with one attached hydrogen (secondary N) is 2. The highest BCUT2D eigenvalue weighted by Gasteiger charge is 2.34. The number of hydrogen-bond donors (Lipinski definition) is 3. The average Bonchev–Trinajstić information content (AvgIpc) is 3.06. The van der Waals surface area contributed by atoms with Gasteiger partial charge in [-0.1, -0.05) is 19.9 Å². The van der Waals surface area contributed by atoms with Crippen molar-refractivity contribution in [3.63, 3.8) is 0 Å². The van der Waals surface area contributed by atoms with Crippen LogP contribution in [-0.4, -0.2) is 46.9 Å². The Labute approximate surface area is 183 Å². The van der Waals surface area contributed by atoms with Crippen molar-refractivity contribution in [1.82, 2.24) is 9.88 Å². The van der Waals surface area contributed by atoms with Gasteiger partial charge >= 0.3 is 6.18 Å². The van der Waals surface area contributed by atoms with Crippen LogP contribution in [0.15, 0.2) is 41.4 Å². The van der Waals surface area contributed by atoms with Crippen molar-refractivity contribution in [2.24, 2.45) is 4.99 Å². The fraction of sp³-hybridized carbons (Fsp3) is 0.348. The molecular formula is C23H26F4N4O. The van der Waals surface area contributed by atoms with Gasteiger partial charge in [0, 0.05) is 29.9 Å². The minimum Gasteiger partial charge on any atom is -0.494 e. The lowest BCUT2D eigenvalue weighted by atomic mass is 10.1. The molecule has 0 aliphatic heterocycles. The van der Waals surface area contributed by atoms with E-state index in [0.717, 1.165) is 25.4 Å². The molecule has 3 rings (SSSR count). The van der Waals surface area contributed by atoms with Crippen molar-refractivity contribution in [2.75, 3.05) is 25.0 Å². The fourth-order valence-electron chi connectivity index (χ4n) is 3.63. The van der Waals surface area contributed by atoms with Gasteiger partial charge in [0.2, 0.25) is 0 Å². The molecule has 1 atom stereocenters. The predicted molar refractivity (Wildman–Crippen MR) is 119 cm³/mol. The molecule has 0 spiro atoms. The molecule has 1 heterocycles. The Morgan fingerprint density at radius 2 is 1.91 bits per heavy atom. The van der Waals surface area contributed by atoms with Gasteiger partial charge in [0.1, 0.15) is 5.82 Å². The number of nitrogens with zero attached hydrogens (tertiary/aromatic N) is 2. The van der Waals surface area contributed by atoms with E-state index < -0.39 is 17.6 Å². The van der Waals surface area contributed by atoms with E-state index in [-0.39, 0.29) is 34.2 Å². The first-order chi connectivity index (χ1) is 15.1. The zero-order valence-electron chi connectivity index (χ0n) is 18.1. The smallest absolute Gasteiger partial charge is 0.418 e. The summed E-state index contributed by atoms with van der Waals surface area (Å²) < 4.78 is 55.3. The van der Waals surface area contributed by atoms with Gasteiger partial charge in [0.05, 0.1) is 22.3 Å². The van der Waals surface area contributed by atoms with Crippen molar-refractivity contribution in [3.8, 4) is 5.88 Å². The van der Waals surface area contributed by atoms with Crippen LogP contribution >= 0.6 is 0 Å². The number of benzene rings is 2. The number of alkyl halides is 3. The monoisotopic (exact) mass is 450 g/mol. The lowest BCUT2D eigenvalue weighted by molar-refractivity contribution is -0.136. The van der Waals surface area contributed by atoms with Crippen LogP contribution < -0.4 is 5.32 Å². The highest BCUT2D eigenvalue weighted by molar-refractivity contribution is 6.02. The molecule has 2 aromatic carbocycles. The number of aromatic hydroxyl groups is 1. The summed E-state index contributed by atoms with van der Waals surface area (Å²) in [6.07, 6.45) is -3.43. The second-order valence-corrected chi connectivity index (χ2v) is 7.57. The molecule has 1 unspecified atom stereocenters. The Bertz CT molecular complexity index is 1100. The Hall–Kier alpha value is -3.07. The summed E-state index contributed by atoms with van der Waals surface area (Å²) in [6.45, 7) is 8.06. The number of halogens is 4. The number of fused-ring (bicyclic) bond motifs is 1. The molecule has 3 aromatic rings. The Morgan fingerprint density at radius 1 is 1.19 bits per heavy atom. The lowest BCUT2D eigenvalue weighted by Crippen LogP contribution is -2.35. The zero-order chi connectivity index (χ0) is 23.5. The second-order valence-electron chi connectivity index (χ2n) is 7.57. The minimum absolute atomic E-state index is 0.0305. The number of likely N-dealkylation sites (N-methyl/N-ethyl adjacent to an activating group) is 1. The van der Waals surface area contributed by atoms with Gasteiger partial charge in [-0.15, -0.1) is 0 Å². The van der Waals surface area contributed by atoms with Gasteiger partial charge in [-0.2, -0.15) is 13.2 Å². The molecule has 32 heavy (non-hydrogen) atoms. The highest BCUT2D eigenvalue weighted by atomic mass is 19.4. The molecule has 0 saturated heterocycles. The molecular weight excluding hydrogens is 424 g/mol. The summed E-state index contributed by atoms with van der Waals surface area (Å²) in [7, 11) is 0. The molecule has 1 aromatic heterocycles. The molecule has 0 radical (unpaired) electrons. The molecule has 0 aliphatic carbocycles. The first kappa shape index (κ1) is 23.6. The van der Waals surface area contributed by atoms with Crippen LogP contribution in [0.2, 0.25) is 0 Å². The number of aromatic amines is 1. The van der Waals surface area contributed by atoms with E-state index in [1.807, 2.05) is 20.8 Å². The van der Waals surface area contributed by atoms with Crippen LogP contribution in [0.25, 0.3) is 10.9 Å². The Morgan fingerprint density at radius 3 is 2.56 bits per heavy atom. The number of aromatic nitrogens is 1. The van der Waals surface area contributed by atoms with Crippen LogP contribution in [0.5, 0.6) is 5.88 Å². The van der Waals surface area contributed by atoms with Gasteiger partial charge in [-0.3, -0.25) is 4.99 Å². The van der Waals surface area contributed by atoms with Crippen molar-refractivity contribution in [3.05, 3.63) is 53.3 Å². The molecule has 0 fully saturated rings. The zero-order valence-corrected chi connectivity index (χ0v) is 18.1. The summed E-state index contributed by atoms with van der Waals surface area (Å²) in [5, 5.41) is 13.1. The maximum absolute atomic E-state index is 14.2. The van der Waals surface area contributed by atoms with E-state index in [9.17, 15) is 22.7 Å². The van der Waals surface area contributed by atoms with Crippen LogP contribution in [0.1, 0.15) is 31.9 Å². The second kappa shape index (κ2) is 9.60. The van der Waals surface area contributed by atoms with E-state index in [1.165, 1.54) is 24.3 Å². The third kappa shape index (κ3) is 5.21. The third-order valence-corrected chi connectivity index (χ3v) is 5.27. The van der Waals surface area contributed by atoms with Crippen molar-refractivity contribution >= 4 is 28.5 Å². The number of anilines is 1. The Balaban J connectivity index is 1.90. The molecule has 0 amide bonds. The van der Waals surface area contributed by atoms with Crippen LogP contribution in [0.4, 0.5) is 28.9 Å². The van der Waals surface area contributed by atoms with Gasteiger partial charge in [0.15, 0.2) is 5.88 Å². The van der Waals surface area contributed by atoms with E-state index in [0.29, 0.717) is 12.1 Å². The summed E-state index contributed by atoms with van der Waals surface area (Å²) in [4.78, 5) is 8.81.